The largest absolute Gasteiger partial charge is 0.381 e. The maximum absolute atomic E-state index is 12.5. The second-order valence-electron chi connectivity index (χ2n) is 6.23. The molecule has 1 aliphatic carbocycles. The zero-order chi connectivity index (χ0) is 13.2. The fourth-order valence-corrected chi connectivity index (χ4v) is 5.24. The van der Waals surface area contributed by atoms with Crippen LogP contribution in [-0.2, 0) is 9.53 Å². The van der Waals surface area contributed by atoms with Crippen LogP contribution in [0.4, 0.5) is 0 Å². The van der Waals surface area contributed by atoms with Gasteiger partial charge in [-0.3, -0.25) is 4.79 Å². The maximum Gasteiger partial charge on any atom is 0.233 e. The van der Waals surface area contributed by atoms with Crippen LogP contribution in [0.3, 0.4) is 0 Å². The van der Waals surface area contributed by atoms with E-state index in [2.05, 4.69) is 4.90 Å². The second kappa shape index (κ2) is 6.04. The topological polar surface area (TPSA) is 29.5 Å². The summed E-state index contributed by atoms with van der Waals surface area (Å²) < 4.78 is 5.50. The van der Waals surface area contributed by atoms with Crippen LogP contribution in [0.15, 0.2) is 0 Å². The van der Waals surface area contributed by atoms with Crippen LogP contribution in [0.1, 0.15) is 51.4 Å². The van der Waals surface area contributed by atoms with E-state index in [-0.39, 0.29) is 0 Å². The monoisotopic (exact) mass is 283 g/mol. The lowest BCUT2D eigenvalue weighted by Gasteiger charge is -2.38. The number of amides is 1. The molecular formula is C15H25NO2S. The van der Waals surface area contributed by atoms with Crippen LogP contribution < -0.4 is 0 Å². The molecule has 3 fully saturated rings. The van der Waals surface area contributed by atoms with Gasteiger partial charge in [-0.2, -0.15) is 0 Å². The number of ether oxygens (including phenoxy) is 1. The standard InChI is InChI=1S/C15H25NO2S/c1-18-13-8-11-6-7-12(9-13)16(11)15(17)10-19-14-4-2-3-5-14/h11-14H,2-10H2,1H3. The average Bonchev–Trinajstić information content (AvgIpc) is 3.02. The summed E-state index contributed by atoms with van der Waals surface area (Å²) in [6.45, 7) is 0. The maximum atomic E-state index is 12.5. The van der Waals surface area contributed by atoms with Crippen molar-refractivity contribution in [1.29, 1.82) is 0 Å². The first-order valence-corrected chi connectivity index (χ1v) is 8.78. The number of piperidine rings is 1. The second-order valence-corrected chi connectivity index (χ2v) is 7.52. The smallest absolute Gasteiger partial charge is 0.233 e. The Labute approximate surface area is 120 Å². The Bertz CT molecular complexity index is 316. The molecule has 4 heteroatoms. The SMILES string of the molecule is COC1CC2CCC(C1)N2C(=O)CSC1CCCC1. The zero-order valence-corrected chi connectivity index (χ0v) is 12.7. The first-order chi connectivity index (χ1) is 9.28. The minimum Gasteiger partial charge on any atom is -0.381 e. The third-order valence-electron chi connectivity index (χ3n) is 5.06. The predicted octanol–water partition coefficient (Wildman–Crippen LogP) is 2.83. The number of hydrogen-bond acceptors (Lipinski definition) is 3. The van der Waals surface area contributed by atoms with Gasteiger partial charge in [0.25, 0.3) is 0 Å². The molecule has 3 rings (SSSR count). The molecule has 0 spiro atoms. The number of carbonyl (C=O) groups excluding carboxylic acids is 1. The van der Waals surface area contributed by atoms with Gasteiger partial charge in [0, 0.05) is 24.4 Å². The van der Waals surface area contributed by atoms with Gasteiger partial charge in [0.1, 0.15) is 0 Å². The molecule has 2 unspecified atom stereocenters. The lowest BCUT2D eigenvalue weighted by atomic mass is 10.00. The van der Waals surface area contributed by atoms with Crippen molar-refractivity contribution in [2.75, 3.05) is 12.9 Å². The lowest BCUT2D eigenvalue weighted by molar-refractivity contribution is -0.135. The number of carbonyl (C=O) groups is 1. The molecule has 1 amide bonds. The summed E-state index contributed by atoms with van der Waals surface area (Å²) in [4.78, 5) is 14.7. The van der Waals surface area contributed by atoms with E-state index >= 15 is 0 Å². The number of hydrogen-bond donors (Lipinski definition) is 0. The van der Waals surface area contributed by atoms with Gasteiger partial charge >= 0.3 is 0 Å². The molecule has 108 valence electrons. The number of fused-ring (bicyclic) bond motifs is 2. The summed E-state index contributed by atoms with van der Waals surface area (Å²) in [7, 11) is 1.80. The van der Waals surface area contributed by atoms with Gasteiger partial charge in [0.05, 0.1) is 11.9 Å². The zero-order valence-electron chi connectivity index (χ0n) is 11.8. The van der Waals surface area contributed by atoms with Crippen LogP contribution >= 0.6 is 11.8 Å². The van der Waals surface area contributed by atoms with Crippen LogP contribution in [-0.4, -0.2) is 47.1 Å². The minimum absolute atomic E-state index is 0.379. The van der Waals surface area contributed by atoms with E-state index in [1.807, 2.05) is 11.8 Å². The van der Waals surface area contributed by atoms with Crippen molar-refractivity contribution in [2.24, 2.45) is 0 Å². The van der Waals surface area contributed by atoms with Gasteiger partial charge in [-0.1, -0.05) is 12.8 Å². The van der Waals surface area contributed by atoms with Crippen LogP contribution in [0.25, 0.3) is 0 Å². The van der Waals surface area contributed by atoms with Crippen molar-refractivity contribution in [3.05, 3.63) is 0 Å². The molecule has 0 radical (unpaired) electrons. The molecule has 2 aliphatic heterocycles. The number of rotatable bonds is 4. The van der Waals surface area contributed by atoms with Crippen molar-refractivity contribution in [3.8, 4) is 0 Å². The van der Waals surface area contributed by atoms with E-state index in [4.69, 9.17) is 4.74 Å². The lowest BCUT2D eigenvalue weighted by Crippen LogP contribution is -2.49. The summed E-state index contributed by atoms with van der Waals surface area (Å²) in [5.74, 6) is 1.09. The first-order valence-electron chi connectivity index (χ1n) is 7.73. The highest BCUT2D eigenvalue weighted by molar-refractivity contribution is 8.00. The molecule has 19 heavy (non-hydrogen) atoms. The van der Waals surface area contributed by atoms with Gasteiger partial charge in [-0.15, -0.1) is 11.8 Å². The summed E-state index contributed by atoms with van der Waals surface area (Å²) in [5.41, 5.74) is 0. The minimum atomic E-state index is 0.379. The van der Waals surface area contributed by atoms with Crippen LogP contribution in [0, 0.1) is 0 Å². The van der Waals surface area contributed by atoms with E-state index < -0.39 is 0 Å². The van der Waals surface area contributed by atoms with E-state index in [1.54, 1.807) is 7.11 Å². The summed E-state index contributed by atoms with van der Waals surface area (Å²) in [6, 6.07) is 0.917. The van der Waals surface area contributed by atoms with E-state index in [0.29, 0.717) is 29.8 Å². The predicted molar refractivity (Wildman–Crippen MR) is 78.4 cm³/mol. The quantitative estimate of drug-likeness (QED) is 0.794. The summed E-state index contributed by atoms with van der Waals surface area (Å²) >= 11 is 1.90. The highest BCUT2D eigenvalue weighted by Gasteiger charge is 2.43. The van der Waals surface area contributed by atoms with Crippen molar-refractivity contribution >= 4 is 17.7 Å². The number of nitrogens with zero attached hydrogens (tertiary/aromatic N) is 1. The fraction of sp³-hybridized carbons (Fsp3) is 0.933. The Hall–Kier alpha value is -0.220. The number of thioether (sulfide) groups is 1. The molecule has 2 bridgehead atoms. The highest BCUT2D eigenvalue weighted by Crippen LogP contribution is 2.38. The van der Waals surface area contributed by atoms with Gasteiger partial charge in [0.2, 0.25) is 5.91 Å². The third-order valence-corrected chi connectivity index (χ3v) is 6.41. The first kappa shape index (κ1) is 13.7. The fourth-order valence-electron chi connectivity index (χ4n) is 4.05. The molecule has 0 aromatic rings. The van der Waals surface area contributed by atoms with Crippen molar-refractivity contribution < 1.29 is 9.53 Å². The Balaban J connectivity index is 1.52. The Morgan fingerprint density at radius 3 is 2.37 bits per heavy atom. The highest BCUT2D eigenvalue weighted by atomic mass is 32.2. The normalized spacial score (nSPS) is 35.0. The van der Waals surface area contributed by atoms with Crippen LogP contribution in [0.2, 0.25) is 0 Å². The molecule has 0 aromatic heterocycles. The van der Waals surface area contributed by atoms with E-state index in [9.17, 15) is 4.79 Å². The molecule has 2 saturated heterocycles. The molecular weight excluding hydrogens is 258 g/mol. The van der Waals surface area contributed by atoms with Gasteiger partial charge in [-0.05, 0) is 38.5 Å². The van der Waals surface area contributed by atoms with Gasteiger partial charge in [0.15, 0.2) is 0 Å². The molecule has 3 aliphatic rings. The van der Waals surface area contributed by atoms with Gasteiger partial charge in [-0.25, -0.2) is 0 Å². The molecule has 2 atom stereocenters. The summed E-state index contributed by atoms with van der Waals surface area (Å²) in [6.07, 6.45) is 10.2. The number of methoxy groups -OCH3 is 1. The third kappa shape index (κ3) is 2.94. The van der Waals surface area contributed by atoms with Crippen LogP contribution in [0.5, 0.6) is 0 Å². The van der Waals surface area contributed by atoms with Crippen molar-refractivity contribution in [1.82, 2.24) is 4.90 Å². The molecule has 3 nitrogen and oxygen atoms in total. The molecule has 0 aromatic carbocycles. The Morgan fingerprint density at radius 1 is 1.16 bits per heavy atom. The van der Waals surface area contributed by atoms with E-state index in [1.165, 1.54) is 38.5 Å². The van der Waals surface area contributed by atoms with Gasteiger partial charge < -0.3 is 9.64 Å². The van der Waals surface area contributed by atoms with E-state index in [0.717, 1.165) is 18.1 Å². The molecule has 1 saturated carbocycles. The Kier molecular flexibility index (Phi) is 4.37. The molecule has 0 N–H and O–H groups in total. The summed E-state index contributed by atoms with van der Waals surface area (Å²) in [5, 5.41) is 0.748. The van der Waals surface area contributed by atoms with Crippen molar-refractivity contribution in [3.63, 3.8) is 0 Å². The molecule has 2 heterocycles. The average molecular weight is 283 g/mol. The Morgan fingerprint density at radius 2 is 1.79 bits per heavy atom. The van der Waals surface area contributed by atoms with Crippen molar-refractivity contribution in [2.45, 2.75) is 74.8 Å².